The molecule has 0 unspecified atom stereocenters. The molecule has 0 aliphatic rings. The molecule has 0 atom stereocenters. The second-order valence-corrected chi connectivity index (χ2v) is 7.69. The second-order valence-electron chi connectivity index (χ2n) is 6.20. The third kappa shape index (κ3) is 3.54. The molecule has 2 heterocycles. The Morgan fingerprint density at radius 3 is 2.64 bits per heavy atom. The first-order valence-electron chi connectivity index (χ1n) is 8.51. The predicted molar refractivity (Wildman–Crippen MR) is 111 cm³/mol. The van der Waals surface area contributed by atoms with Crippen molar-refractivity contribution in [3.63, 3.8) is 0 Å². The van der Waals surface area contributed by atoms with E-state index in [2.05, 4.69) is 20.5 Å². The van der Waals surface area contributed by atoms with E-state index in [0.29, 0.717) is 27.3 Å². The predicted octanol–water partition coefficient (Wildman–Crippen LogP) is 4.18. The molecule has 2 aromatic heterocycles. The zero-order valence-corrected chi connectivity index (χ0v) is 16.4. The van der Waals surface area contributed by atoms with Gasteiger partial charge in [0.2, 0.25) is 0 Å². The molecule has 0 spiro atoms. The van der Waals surface area contributed by atoms with E-state index in [4.69, 9.17) is 11.6 Å². The Kier molecular flexibility index (Phi) is 4.93. The number of amides is 1. The largest absolute Gasteiger partial charge is 0.296 e. The number of aromatic amines is 1. The first-order chi connectivity index (χ1) is 13.5. The van der Waals surface area contributed by atoms with Crippen LogP contribution >= 0.6 is 22.9 Å². The van der Waals surface area contributed by atoms with E-state index in [1.54, 1.807) is 24.3 Å². The summed E-state index contributed by atoms with van der Waals surface area (Å²) in [4.78, 5) is 30.1. The maximum atomic E-state index is 12.7. The van der Waals surface area contributed by atoms with Gasteiger partial charge in [-0.2, -0.15) is 5.10 Å². The van der Waals surface area contributed by atoms with Crippen LogP contribution in [0.15, 0.2) is 53.3 Å². The van der Waals surface area contributed by atoms with Gasteiger partial charge < -0.3 is 0 Å². The normalized spacial score (nSPS) is 10.9. The van der Waals surface area contributed by atoms with Crippen molar-refractivity contribution >= 4 is 44.7 Å². The Balaban J connectivity index is 1.61. The van der Waals surface area contributed by atoms with E-state index in [1.165, 1.54) is 11.3 Å². The van der Waals surface area contributed by atoms with Gasteiger partial charge in [0.15, 0.2) is 10.8 Å². The molecule has 0 fully saturated rings. The number of carbonyl (C=O) groups is 1. The maximum Gasteiger partial charge on any atom is 0.278 e. The first-order valence-corrected chi connectivity index (χ1v) is 9.71. The molecule has 0 saturated heterocycles. The standard InChI is InChI=1S/C20H15ClN4O2S/c1-11-16(10-12-6-2-5-9-15(12)21)28-20(22-11)23-19(27)17-13-7-3-4-8-14(13)18(26)25-24-17/h2-9H,10H2,1H3,(H,25,26)(H,22,23,27). The third-order valence-electron chi connectivity index (χ3n) is 4.33. The van der Waals surface area contributed by atoms with E-state index < -0.39 is 5.91 Å². The molecule has 1 amide bonds. The molecule has 28 heavy (non-hydrogen) atoms. The van der Waals surface area contributed by atoms with Crippen LogP contribution in [0.25, 0.3) is 10.8 Å². The van der Waals surface area contributed by atoms with Crippen LogP contribution in [0.2, 0.25) is 5.02 Å². The number of hydrogen-bond acceptors (Lipinski definition) is 5. The molecule has 4 rings (SSSR count). The average molecular weight is 411 g/mol. The van der Waals surface area contributed by atoms with Crippen LogP contribution in [0.3, 0.4) is 0 Å². The number of thiazole rings is 1. The number of carbonyl (C=O) groups excluding carboxylic acids is 1. The molecule has 4 aromatic rings. The molecular weight excluding hydrogens is 396 g/mol. The molecule has 0 aliphatic heterocycles. The number of anilines is 1. The fraction of sp³-hybridized carbons (Fsp3) is 0.100. The Labute approximate surface area is 169 Å². The number of aryl methyl sites for hydroxylation is 1. The molecule has 8 heteroatoms. The number of benzene rings is 2. The van der Waals surface area contributed by atoms with Crippen LogP contribution in [0, 0.1) is 6.92 Å². The van der Waals surface area contributed by atoms with Crippen molar-refractivity contribution in [1.82, 2.24) is 15.2 Å². The van der Waals surface area contributed by atoms with Gasteiger partial charge in [0.05, 0.1) is 11.1 Å². The third-order valence-corrected chi connectivity index (χ3v) is 5.77. The molecule has 2 aromatic carbocycles. The van der Waals surface area contributed by atoms with Gasteiger partial charge in [-0.15, -0.1) is 11.3 Å². The molecule has 0 radical (unpaired) electrons. The lowest BCUT2D eigenvalue weighted by Crippen LogP contribution is -2.19. The SMILES string of the molecule is Cc1nc(NC(=O)c2n[nH]c(=O)c3ccccc23)sc1Cc1ccccc1Cl. The first kappa shape index (κ1) is 18.3. The number of nitrogens with one attached hydrogen (secondary N) is 2. The van der Waals surface area contributed by atoms with Gasteiger partial charge in [0.25, 0.3) is 11.5 Å². The zero-order valence-electron chi connectivity index (χ0n) is 14.8. The highest BCUT2D eigenvalue weighted by molar-refractivity contribution is 7.15. The minimum atomic E-state index is -0.425. The van der Waals surface area contributed by atoms with Crippen molar-refractivity contribution in [3.8, 4) is 0 Å². The van der Waals surface area contributed by atoms with Crippen LogP contribution < -0.4 is 10.9 Å². The molecule has 0 bridgehead atoms. The van der Waals surface area contributed by atoms with E-state index in [1.807, 2.05) is 31.2 Å². The van der Waals surface area contributed by atoms with Crippen molar-refractivity contribution in [3.05, 3.63) is 85.7 Å². The highest BCUT2D eigenvalue weighted by Gasteiger charge is 2.17. The second kappa shape index (κ2) is 7.53. The number of aromatic nitrogens is 3. The summed E-state index contributed by atoms with van der Waals surface area (Å²) in [6.07, 6.45) is 0.638. The van der Waals surface area contributed by atoms with Gasteiger partial charge in [-0.05, 0) is 24.6 Å². The quantitative estimate of drug-likeness (QED) is 0.528. The van der Waals surface area contributed by atoms with E-state index >= 15 is 0 Å². The van der Waals surface area contributed by atoms with Crippen LogP contribution in [-0.4, -0.2) is 21.1 Å². The molecular formula is C20H15ClN4O2S. The lowest BCUT2D eigenvalue weighted by Gasteiger charge is -2.04. The summed E-state index contributed by atoms with van der Waals surface area (Å²) in [5, 5.41) is 11.2. The minimum absolute atomic E-state index is 0.149. The summed E-state index contributed by atoms with van der Waals surface area (Å²) in [5.41, 5.74) is 1.65. The lowest BCUT2D eigenvalue weighted by atomic mass is 10.1. The van der Waals surface area contributed by atoms with Crippen molar-refractivity contribution < 1.29 is 4.79 Å². The van der Waals surface area contributed by atoms with Gasteiger partial charge in [-0.25, -0.2) is 10.1 Å². The van der Waals surface area contributed by atoms with Crippen LogP contribution in [0.1, 0.15) is 26.6 Å². The molecule has 2 N–H and O–H groups in total. The number of rotatable bonds is 4. The zero-order chi connectivity index (χ0) is 19.7. The summed E-state index contributed by atoms with van der Waals surface area (Å²) in [6, 6.07) is 14.5. The molecule has 0 aliphatic carbocycles. The van der Waals surface area contributed by atoms with Gasteiger partial charge in [-0.3, -0.25) is 14.9 Å². The van der Waals surface area contributed by atoms with Gasteiger partial charge in [0.1, 0.15) is 0 Å². The average Bonchev–Trinajstić information content (AvgIpc) is 3.03. The van der Waals surface area contributed by atoms with E-state index in [9.17, 15) is 9.59 Å². The number of nitrogens with zero attached hydrogens (tertiary/aromatic N) is 2. The van der Waals surface area contributed by atoms with E-state index in [-0.39, 0.29) is 11.3 Å². The number of hydrogen-bond donors (Lipinski definition) is 2. The summed E-state index contributed by atoms with van der Waals surface area (Å²) >= 11 is 7.64. The summed E-state index contributed by atoms with van der Waals surface area (Å²) in [5.74, 6) is -0.425. The van der Waals surface area contributed by atoms with Crippen molar-refractivity contribution in [2.45, 2.75) is 13.3 Å². The Hall–Kier alpha value is -3.03. The Morgan fingerprint density at radius 1 is 1.14 bits per heavy atom. The van der Waals surface area contributed by atoms with Crippen molar-refractivity contribution in [2.75, 3.05) is 5.32 Å². The highest BCUT2D eigenvalue weighted by atomic mass is 35.5. The maximum absolute atomic E-state index is 12.7. The molecule has 140 valence electrons. The van der Waals surface area contributed by atoms with Crippen LogP contribution in [0.4, 0.5) is 5.13 Å². The number of fused-ring (bicyclic) bond motifs is 1. The Bertz CT molecular complexity index is 1250. The van der Waals surface area contributed by atoms with Gasteiger partial charge in [0, 0.05) is 21.7 Å². The lowest BCUT2D eigenvalue weighted by molar-refractivity contribution is 0.102. The monoisotopic (exact) mass is 410 g/mol. The summed E-state index contributed by atoms with van der Waals surface area (Å²) in [6.45, 7) is 1.89. The fourth-order valence-corrected chi connectivity index (χ4v) is 4.09. The van der Waals surface area contributed by atoms with Crippen LogP contribution in [-0.2, 0) is 6.42 Å². The fourth-order valence-electron chi connectivity index (χ4n) is 2.90. The van der Waals surface area contributed by atoms with Gasteiger partial charge in [-0.1, -0.05) is 48.0 Å². The number of halogens is 1. The topological polar surface area (TPSA) is 87.7 Å². The highest BCUT2D eigenvalue weighted by Crippen LogP contribution is 2.28. The molecule has 6 nitrogen and oxygen atoms in total. The molecule has 0 saturated carbocycles. The smallest absolute Gasteiger partial charge is 0.278 e. The minimum Gasteiger partial charge on any atom is -0.296 e. The summed E-state index contributed by atoms with van der Waals surface area (Å²) in [7, 11) is 0. The van der Waals surface area contributed by atoms with Crippen molar-refractivity contribution in [2.24, 2.45) is 0 Å². The number of H-pyrrole nitrogens is 1. The van der Waals surface area contributed by atoms with Crippen molar-refractivity contribution in [1.29, 1.82) is 0 Å². The van der Waals surface area contributed by atoms with Crippen LogP contribution in [0.5, 0.6) is 0 Å². The Morgan fingerprint density at radius 2 is 1.86 bits per heavy atom. The summed E-state index contributed by atoms with van der Waals surface area (Å²) < 4.78 is 0. The van der Waals surface area contributed by atoms with E-state index in [0.717, 1.165) is 16.1 Å². The van der Waals surface area contributed by atoms with Gasteiger partial charge >= 0.3 is 0 Å².